The molecule has 3 unspecified atom stereocenters. The van der Waals surface area contributed by atoms with Gasteiger partial charge in [0.2, 0.25) is 0 Å². The smallest absolute Gasteiger partial charge is 0.341 e. The zero-order valence-electron chi connectivity index (χ0n) is 11.4. The first kappa shape index (κ1) is 12.9. The fourth-order valence-electron chi connectivity index (χ4n) is 3.50. The topological polar surface area (TPSA) is 38.8 Å². The van der Waals surface area contributed by atoms with E-state index in [1.54, 1.807) is 0 Å². The normalized spacial score (nSPS) is 41.4. The Balaban J connectivity index is 2.20. The summed E-state index contributed by atoms with van der Waals surface area (Å²) in [6, 6.07) is 0. The summed E-state index contributed by atoms with van der Waals surface area (Å²) >= 11 is 0. The van der Waals surface area contributed by atoms with E-state index in [1.165, 1.54) is 13.5 Å². The molecule has 0 aromatic rings. The minimum absolute atomic E-state index is 0.179. The number of epoxide rings is 1. The van der Waals surface area contributed by atoms with Crippen molar-refractivity contribution in [3.05, 3.63) is 0 Å². The second kappa shape index (κ2) is 4.27. The number of rotatable bonds is 2. The van der Waals surface area contributed by atoms with Crippen molar-refractivity contribution in [3.63, 3.8) is 0 Å². The molecular weight excluding hydrogens is 216 g/mol. The summed E-state index contributed by atoms with van der Waals surface area (Å²) < 4.78 is 11.0. The molecule has 3 atom stereocenters. The minimum Gasteiger partial charge on any atom is -0.467 e. The Morgan fingerprint density at radius 3 is 2.65 bits per heavy atom. The Kier molecular flexibility index (Phi) is 3.23. The largest absolute Gasteiger partial charge is 0.467 e. The molecule has 3 heteroatoms. The quantitative estimate of drug-likeness (QED) is 0.550. The maximum atomic E-state index is 12.1. The first-order chi connectivity index (χ1) is 7.98. The maximum Gasteiger partial charge on any atom is 0.341 e. The van der Waals surface area contributed by atoms with Gasteiger partial charge in [-0.1, -0.05) is 33.6 Å². The van der Waals surface area contributed by atoms with Crippen molar-refractivity contribution < 1.29 is 14.3 Å². The molecule has 0 aromatic carbocycles. The molecule has 0 amide bonds. The third-order valence-corrected chi connectivity index (χ3v) is 4.61. The Morgan fingerprint density at radius 1 is 1.35 bits per heavy atom. The van der Waals surface area contributed by atoms with Crippen LogP contribution in [0.3, 0.4) is 0 Å². The Morgan fingerprint density at radius 2 is 2.06 bits per heavy atom. The van der Waals surface area contributed by atoms with Crippen LogP contribution in [0.2, 0.25) is 0 Å². The Bertz CT molecular complexity index is 313. The second-order valence-electron chi connectivity index (χ2n) is 6.01. The lowest BCUT2D eigenvalue weighted by atomic mass is 9.79. The average Bonchev–Trinajstić information content (AvgIpc) is 3.00. The van der Waals surface area contributed by atoms with Gasteiger partial charge in [0.05, 0.1) is 7.11 Å². The van der Waals surface area contributed by atoms with Gasteiger partial charge in [-0.3, -0.25) is 0 Å². The van der Waals surface area contributed by atoms with Gasteiger partial charge in [0.1, 0.15) is 5.60 Å². The van der Waals surface area contributed by atoms with Gasteiger partial charge in [0.25, 0.3) is 0 Å². The zero-order valence-corrected chi connectivity index (χ0v) is 11.4. The van der Waals surface area contributed by atoms with Crippen LogP contribution in [0.4, 0.5) is 0 Å². The van der Waals surface area contributed by atoms with Gasteiger partial charge in [-0.25, -0.2) is 4.79 Å². The van der Waals surface area contributed by atoms with Gasteiger partial charge in [-0.15, -0.1) is 0 Å². The summed E-state index contributed by atoms with van der Waals surface area (Å²) in [5.41, 5.74) is -0.884. The summed E-state index contributed by atoms with van der Waals surface area (Å²) in [7, 11) is 1.46. The van der Waals surface area contributed by atoms with E-state index in [-0.39, 0.29) is 17.5 Å². The molecule has 0 radical (unpaired) electrons. The standard InChI is InChI=1S/C14H24O3/c1-10(2)14(12(15)16-4)13(17-14)8-5-6-11(3)7-9-13/h10-11H,5-9H2,1-4H3. The Labute approximate surface area is 104 Å². The maximum absolute atomic E-state index is 12.1. The highest BCUT2D eigenvalue weighted by atomic mass is 16.7. The number of methoxy groups -OCH3 is 1. The summed E-state index contributed by atoms with van der Waals surface area (Å²) in [6.07, 6.45) is 5.57. The van der Waals surface area contributed by atoms with E-state index >= 15 is 0 Å². The first-order valence-electron chi connectivity index (χ1n) is 6.77. The molecular formula is C14H24O3. The van der Waals surface area contributed by atoms with Crippen LogP contribution in [0.15, 0.2) is 0 Å². The third kappa shape index (κ3) is 1.79. The lowest BCUT2D eigenvalue weighted by Crippen LogP contribution is -2.39. The van der Waals surface area contributed by atoms with Crippen LogP contribution in [0.5, 0.6) is 0 Å². The average molecular weight is 240 g/mol. The number of carbonyl (C=O) groups is 1. The van der Waals surface area contributed by atoms with Gasteiger partial charge in [0, 0.05) is 0 Å². The van der Waals surface area contributed by atoms with Crippen molar-refractivity contribution in [3.8, 4) is 0 Å². The lowest BCUT2D eigenvalue weighted by Gasteiger charge is -2.20. The molecule has 3 nitrogen and oxygen atoms in total. The van der Waals surface area contributed by atoms with Gasteiger partial charge in [-0.2, -0.15) is 0 Å². The third-order valence-electron chi connectivity index (χ3n) is 4.61. The van der Waals surface area contributed by atoms with Crippen LogP contribution in [-0.2, 0) is 14.3 Å². The van der Waals surface area contributed by atoms with Crippen molar-refractivity contribution in [2.75, 3.05) is 7.11 Å². The molecule has 2 rings (SSSR count). The molecule has 98 valence electrons. The number of carbonyl (C=O) groups excluding carboxylic acids is 1. The summed E-state index contributed by atoms with van der Waals surface area (Å²) in [5, 5.41) is 0. The van der Waals surface area contributed by atoms with Crippen molar-refractivity contribution in [2.45, 2.75) is 64.1 Å². The summed E-state index contributed by atoms with van der Waals surface area (Å²) in [4.78, 5) is 12.1. The second-order valence-corrected chi connectivity index (χ2v) is 6.01. The van der Waals surface area contributed by atoms with Gasteiger partial charge < -0.3 is 9.47 Å². The lowest BCUT2D eigenvalue weighted by molar-refractivity contribution is -0.148. The molecule has 2 aliphatic rings. The number of hydrogen-bond acceptors (Lipinski definition) is 3. The van der Waals surface area contributed by atoms with Gasteiger partial charge in [-0.05, 0) is 31.1 Å². The van der Waals surface area contributed by atoms with Crippen molar-refractivity contribution in [2.24, 2.45) is 11.8 Å². The van der Waals surface area contributed by atoms with Gasteiger partial charge in [0.15, 0.2) is 5.60 Å². The van der Waals surface area contributed by atoms with Crippen molar-refractivity contribution in [1.82, 2.24) is 0 Å². The molecule has 0 N–H and O–H groups in total. The Hall–Kier alpha value is -0.570. The van der Waals surface area contributed by atoms with E-state index in [0.29, 0.717) is 0 Å². The number of hydrogen-bond donors (Lipinski definition) is 0. The molecule has 2 fully saturated rings. The monoisotopic (exact) mass is 240 g/mol. The fourth-order valence-corrected chi connectivity index (χ4v) is 3.50. The number of esters is 1. The highest BCUT2D eigenvalue weighted by Crippen LogP contribution is 2.60. The van der Waals surface area contributed by atoms with Crippen LogP contribution in [0.25, 0.3) is 0 Å². The molecule has 1 saturated carbocycles. The van der Waals surface area contributed by atoms with Crippen molar-refractivity contribution in [1.29, 1.82) is 0 Å². The van der Waals surface area contributed by atoms with E-state index in [2.05, 4.69) is 20.8 Å². The SMILES string of the molecule is COC(=O)C1(C(C)C)OC12CCCC(C)CC2. The van der Waals surface area contributed by atoms with E-state index in [0.717, 1.165) is 31.6 Å². The van der Waals surface area contributed by atoms with Crippen LogP contribution in [0, 0.1) is 11.8 Å². The van der Waals surface area contributed by atoms with Crippen LogP contribution in [-0.4, -0.2) is 24.3 Å². The molecule has 1 aliphatic carbocycles. The van der Waals surface area contributed by atoms with Crippen LogP contribution in [0.1, 0.15) is 52.9 Å². The molecule has 1 saturated heterocycles. The first-order valence-corrected chi connectivity index (χ1v) is 6.77. The zero-order chi connectivity index (χ0) is 12.7. The van der Waals surface area contributed by atoms with Gasteiger partial charge >= 0.3 is 5.97 Å². The highest BCUT2D eigenvalue weighted by Gasteiger charge is 2.75. The summed E-state index contributed by atoms with van der Waals surface area (Å²) in [5.74, 6) is 0.756. The van der Waals surface area contributed by atoms with Crippen LogP contribution >= 0.6 is 0 Å². The molecule has 1 spiro atoms. The van der Waals surface area contributed by atoms with E-state index in [1.807, 2.05) is 0 Å². The molecule has 0 bridgehead atoms. The predicted molar refractivity (Wildman–Crippen MR) is 65.7 cm³/mol. The summed E-state index contributed by atoms with van der Waals surface area (Å²) in [6.45, 7) is 6.40. The van der Waals surface area contributed by atoms with Crippen molar-refractivity contribution >= 4 is 5.97 Å². The molecule has 1 heterocycles. The molecule has 0 aromatic heterocycles. The minimum atomic E-state index is -0.661. The van der Waals surface area contributed by atoms with E-state index in [4.69, 9.17) is 9.47 Å². The fraction of sp³-hybridized carbons (Fsp3) is 0.929. The molecule has 17 heavy (non-hydrogen) atoms. The number of ether oxygens (including phenoxy) is 2. The predicted octanol–water partition coefficient (Wildman–Crippen LogP) is 2.92. The molecule has 1 aliphatic heterocycles. The van der Waals surface area contributed by atoms with Crippen LogP contribution < -0.4 is 0 Å². The highest BCUT2D eigenvalue weighted by molar-refractivity contribution is 5.85. The van der Waals surface area contributed by atoms with E-state index < -0.39 is 5.60 Å². The van der Waals surface area contributed by atoms with E-state index in [9.17, 15) is 4.79 Å².